The number of hydrogen-bond donors (Lipinski definition) is 2. The van der Waals surface area contributed by atoms with Crippen LogP contribution < -0.4 is 15.6 Å². The number of anilines is 1. The summed E-state index contributed by atoms with van der Waals surface area (Å²) in [7, 11) is 0. The number of aliphatic carboxylic acids is 1. The molecule has 2 aromatic carbocycles. The number of halogens is 2. The van der Waals surface area contributed by atoms with E-state index < -0.39 is 21.9 Å². The SMILES string of the molecule is CCOc1ccc(/C=C2\CCn3c2nc2cc(NC(=O)/C(Cl)=C(/Cl)C(=O)O)ccc2c3=O)cc1. The van der Waals surface area contributed by atoms with Crippen LogP contribution in [-0.2, 0) is 16.1 Å². The van der Waals surface area contributed by atoms with Gasteiger partial charge in [0.15, 0.2) is 0 Å². The van der Waals surface area contributed by atoms with E-state index >= 15 is 0 Å². The van der Waals surface area contributed by atoms with Gasteiger partial charge >= 0.3 is 5.97 Å². The van der Waals surface area contributed by atoms with Gasteiger partial charge in [0.2, 0.25) is 0 Å². The third-order valence-electron chi connectivity index (χ3n) is 5.22. The first-order chi connectivity index (χ1) is 16.3. The van der Waals surface area contributed by atoms with Gasteiger partial charge in [-0.2, -0.15) is 0 Å². The molecule has 2 heterocycles. The van der Waals surface area contributed by atoms with Gasteiger partial charge in [0.25, 0.3) is 11.5 Å². The molecular weight excluding hydrogens is 481 g/mol. The maximum Gasteiger partial charge on any atom is 0.349 e. The van der Waals surface area contributed by atoms with Crippen LogP contribution in [-0.4, -0.2) is 33.1 Å². The number of rotatable bonds is 6. The van der Waals surface area contributed by atoms with Gasteiger partial charge in [-0.25, -0.2) is 9.78 Å². The summed E-state index contributed by atoms with van der Waals surface area (Å²) in [6.07, 6.45) is 2.64. The second-order valence-corrected chi connectivity index (χ2v) is 8.19. The molecule has 0 saturated heterocycles. The number of carboxylic acids is 1. The fourth-order valence-corrected chi connectivity index (χ4v) is 3.85. The highest BCUT2D eigenvalue weighted by atomic mass is 35.5. The van der Waals surface area contributed by atoms with Gasteiger partial charge < -0.3 is 15.2 Å². The largest absolute Gasteiger partial charge is 0.494 e. The Hall–Kier alpha value is -3.62. The van der Waals surface area contributed by atoms with Crippen LogP contribution in [0.3, 0.4) is 0 Å². The third kappa shape index (κ3) is 4.69. The number of nitrogens with one attached hydrogen (secondary N) is 1. The lowest BCUT2D eigenvalue weighted by Crippen LogP contribution is -2.21. The number of carboxylic acid groups (broad SMARTS) is 1. The lowest BCUT2D eigenvalue weighted by Gasteiger charge is -2.09. The number of fused-ring (bicyclic) bond motifs is 2. The average molecular weight is 500 g/mol. The molecule has 10 heteroatoms. The van der Waals surface area contributed by atoms with Gasteiger partial charge in [-0.05, 0) is 60.9 Å². The predicted octanol–water partition coefficient (Wildman–Crippen LogP) is 4.45. The highest BCUT2D eigenvalue weighted by Gasteiger charge is 2.22. The maximum absolute atomic E-state index is 13.0. The fourth-order valence-electron chi connectivity index (χ4n) is 3.64. The molecule has 0 fully saturated rings. The van der Waals surface area contributed by atoms with Gasteiger partial charge in [-0.1, -0.05) is 35.3 Å². The highest BCUT2D eigenvalue weighted by molar-refractivity contribution is 6.54. The molecule has 0 atom stereocenters. The van der Waals surface area contributed by atoms with Crippen molar-refractivity contribution in [1.29, 1.82) is 0 Å². The first-order valence-corrected chi connectivity index (χ1v) is 11.1. The summed E-state index contributed by atoms with van der Waals surface area (Å²) in [6.45, 7) is 3.03. The topological polar surface area (TPSA) is 111 Å². The molecule has 0 unspecified atom stereocenters. The van der Waals surface area contributed by atoms with Crippen LogP contribution in [0.2, 0.25) is 0 Å². The second kappa shape index (κ2) is 9.70. The van der Waals surface area contributed by atoms with E-state index in [-0.39, 0.29) is 11.2 Å². The molecular formula is C24H19Cl2N3O5. The van der Waals surface area contributed by atoms with E-state index in [1.807, 2.05) is 37.3 Å². The minimum absolute atomic E-state index is 0.181. The van der Waals surface area contributed by atoms with Crippen molar-refractivity contribution < 1.29 is 19.4 Å². The molecule has 8 nitrogen and oxygen atoms in total. The maximum atomic E-state index is 13.0. The van der Waals surface area contributed by atoms with E-state index in [2.05, 4.69) is 10.3 Å². The minimum atomic E-state index is -1.52. The Bertz CT molecular complexity index is 1430. The van der Waals surface area contributed by atoms with Gasteiger partial charge in [-0.15, -0.1) is 0 Å². The Morgan fingerprint density at radius 1 is 1.18 bits per heavy atom. The van der Waals surface area contributed by atoms with E-state index in [0.29, 0.717) is 36.3 Å². The molecule has 174 valence electrons. The van der Waals surface area contributed by atoms with E-state index in [1.165, 1.54) is 12.1 Å². The molecule has 1 aromatic heterocycles. The number of ether oxygens (including phenoxy) is 1. The van der Waals surface area contributed by atoms with Crippen molar-refractivity contribution in [2.75, 3.05) is 11.9 Å². The molecule has 2 N–H and O–H groups in total. The van der Waals surface area contributed by atoms with Crippen molar-refractivity contribution in [2.24, 2.45) is 0 Å². The van der Waals surface area contributed by atoms with E-state index in [1.54, 1.807) is 10.6 Å². The van der Waals surface area contributed by atoms with Crippen LogP contribution in [0.4, 0.5) is 5.69 Å². The van der Waals surface area contributed by atoms with Crippen LogP contribution in [0.5, 0.6) is 5.75 Å². The molecule has 34 heavy (non-hydrogen) atoms. The summed E-state index contributed by atoms with van der Waals surface area (Å²) in [5.74, 6) is -1.06. The number of aromatic nitrogens is 2. The van der Waals surface area contributed by atoms with Gasteiger partial charge in [-0.3, -0.25) is 14.2 Å². The van der Waals surface area contributed by atoms with Crippen molar-refractivity contribution >= 4 is 63.3 Å². The average Bonchev–Trinajstić information content (AvgIpc) is 3.22. The molecule has 0 bridgehead atoms. The molecule has 0 spiro atoms. The quantitative estimate of drug-likeness (QED) is 0.484. The van der Waals surface area contributed by atoms with Crippen molar-refractivity contribution in [3.63, 3.8) is 0 Å². The van der Waals surface area contributed by atoms with E-state index in [0.717, 1.165) is 16.9 Å². The van der Waals surface area contributed by atoms with Crippen molar-refractivity contribution in [2.45, 2.75) is 19.9 Å². The van der Waals surface area contributed by atoms with Gasteiger partial charge in [0, 0.05) is 12.2 Å². The molecule has 1 amide bonds. The molecule has 0 saturated carbocycles. The Labute approximate surface area is 204 Å². The fraction of sp³-hybridized carbons (Fsp3) is 0.167. The molecule has 0 aliphatic carbocycles. The zero-order valence-corrected chi connectivity index (χ0v) is 19.5. The number of nitrogens with zero attached hydrogens (tertiary/aromatic N) is 2. The summed E-state index contributed by atoms with van der Waals surface area (Å²) in [6, 6.07) is 12.2. The summed E-state index contributed by atoms with van der Waals surface area (Å²) < 4.78 is 7.11. The smallest absolute Gasteiger partial charge is 0.349 e. The molecule has 4 rings (SSSR count). The second-order valence-electron chi connectivity index (χ2n) is 7.43. The van der Waals surface area contributed by atoms with Crippen LogP contribution in [0, 0.1) is 0 Å². The van der Waals surface area contributed by atoms with Crippen molar-refractivity contribution in [1.82, 2.24) is 9.55 Å². The highest BCUT2D eigenvalue weighted by Crippen LogP contribution is 2.29. The molecule has 1 aliphatic rings. The number of allylic oxidation sites excluding steroid dienone is 1. The Morgan fingerprint density at radius 2 is 1.91 bits per heavy atom. The lowest BCUT2D eigenvalue weighted by molar-refractivity contribution is -0.132. The molecule has 3 aromatic rings. The normalized spacial score (nSPS) is 14.6. The van der Waals surface area contributed by atoms with Crippen molar-refractivity contribution in [3.8, 4) is 5.75 Å². The van der Waals surface area contributed by atoms with E-state index in [9.17, 15) is 14.4 Å². The van der Waals surface area contributed by atoms with Crippen LogP contribution >= 0.6 is 23.2 Å². The monoisotopic (exact) mass is 499 g/mol. The summed E-state index contributed by atoms with van der Waals surface area (Å²) in [5, 5.41) is 10.3. The summed E-state index contributed by atoms with van der Waals surface area (Å²) in [5.41, 5.74) is 2.37. The number of carbonyl (C=O) groups excluding carboxylic acids is 1. The van der Waals surface area contributed by atoms with Crippen LogP contribution in [0.15, 0.2) is 57.3 Å². The van der Waals surface area contributed by atoms with E-state index in [4.69, 9.17) is 33.0 Å². The number of benzene rings is 2. The molecule has 1 aliphatic heterocycles. The zero-order chi connectivity index (χ0) is 24.4. The summed E-state index contributed by atoms with van der Waals surface area (Å²) >= 11 is 11.3. The van der Waals surface area contributed by atoms with Gasteiger partial charge in [0.05, 0.1) is 17.5 Å². The zero-order valence-electron chi connectivity index (χ0n) is 18.0. The first kappa shape index (κ1) is 23.5. The first-order valence-electron chi connectivity index (χ1n) is 10.4. The predicted molar refractivity (Wildman–Crippen MR) is 131 cm³/mol. The Morgan fingerprint density at radius 3 is 2.59 bits per heavy atom. The summed E-state index contributed by atoms with van der Waals surface area (Å²) in [4.78, 5) is 40.8. The number of amides is 1. The van der Waals surface area contributed by atoms with Crippen LogP contribution in [0.25, 0.3) is 22.6 Å². The van der Waals surface area contributed by atoms with Crippen molar-refractivity contribution in [3.05, 3.63) is 74.3 Å². The number of carbonyl (C=O) groups is 2. The standard InChI is InChI=1S/C24H19Cl2N3O5/c1-2-34-16-6-3-13(4-7-16)11-14-9-10-29-21(14)28-18-12-15(5-8-17(18)23(29)31)27-22(30)19(25)20(26)24(32)33/h3-8,11-12H,2,9-10H2,1H3,(H,27,30)(H,32,33)/b14-11+,20-19-. The van der Waals surface area contributed by atoms with Gasteiger partial charge in [0.1, 0.15) is 21.6 Å². The Balaban J connectivity index is 1.68. The Kier molecular flexibility index (Phi) is 6.72. The minimum Gasteiger partial charge on any atom is -0.494 e. The lowest BCUT2D eigenvalue weighted by atomic mass is 10.1. The number of hydrogen-bond acceptors (Lipinski definition) is 5. The molecule has 0 radical (unpaired) electrons. The third-order valence-corrected chi connectivity index (χ3v) is 6.02. The van der Waals surface area contributed by atoms with Crippen LogP contribution in [0.1, 0.15) is 24.7 Å².